The van der Waals surface area contributed by atoms with Crippen molar-refractivity contribution in [3.8, 4) is 40.0 Å². The zero-order valence-electron chi connectivity index (χ0n) is 21.2. The fourth-order valence-electron chi connectivity index (χ4n) is 3.79. The number of nitriles is 1. The molecule has 0 bridgehead atoms. The van der Waals surface area contributed by atoms with Gasteiger partial charge in [-0.25, -0.2) is 4.98 Å². The van der Waals surface area contributed by atoms with Crippen molar-refractivity contribution in [3.05, 3.63) is 89.5 Å². The van der Waals surface area contributed by atoms with E-state index in [1.54, 1.807) is 14.2 Å². The van der Waals surface area contributed by atoms with Gasteiger partial charge in [-0.1, -0.05) is 30.0 Å². The first-order valence-corrected chi connectivity index (χ1v) is 12.6. The van der Waals surface area contributed by atoms with Gasteiger partial charge in [0.25, 0.3) is 0 Å². The molecule has 4 rings (SSSR count). The van der Waals surface area contributed by atoms with E-state index in [4.69, 9.17) is 14.5 Å². The number of carbonyl (C=O) groups excluding carboxylic acids is 1. The van der Waals surface area contributed by atoms with Gasteiger partial charge in [0, 0.05) is 16.8 Å². The van der Waals surface area contributed by atoms with E-state index >= 15 is 0 Å². The highest BCUT2D eigenvalue weighted by molar-refractivity contribution is 8.00. The third-order valence-electron chi connectivity index (χ3n) is 6.02. The van der Waals surface area contributed by atoms with Gasteiger partial charge in [-0.15, -0.1) is 0 Å². The number of aromatic nitrogens is 1. The summed E-state index contributed by atoms with van der Waals surface area (Å²) < 4.78 is 10.6. The topological polar surface area (TPSA) is 84.2 Å². The number of benzene rings is 3. The van der Waals surface area contributed by atoms with Gasteiger partial charge in [0.05, 0.1) is 31.2 Å². The number of hydrogen-bond acceptors (Lipinski definition) is 6. The van der Waals surface area contributed by atoms with Crippen LogP contribution < -0.4 is 14.8 Å². The molecule has 0 aliphatic carbocycles. The second kappa shape index (κ2) is 11.6. The third kappa shape index (κ3) is 6.11. The molecule has 37 heavy (non-hydrogen) atoms. The van der Waals surface area contributed by atoms with Crippen LogP contribution in [0.2, 0.25) is 0 Å². The molecule has 0 radical (unpaired) electrons. The first-order chi connectivity index (χ1) is 17.9. The summed E-state index contributed by atoms with van der Waals surface area (Å²) in [4.78, 5) is 17.6. The van der Waals surface area contributed by atoms with Crippen LogP contribution in [-0.4, -0.2) is 30.9 Å². The van der Waals surface area contributed by atoms with E-state index in [1.807, 2.05) is 86.6 Å². The van der Waals surface area contributed by atoms with Gasteiger partial charge in [0.1, 0.15) is 22.6 Å². The maximum Gasteiger partial charge on any atom is 0.234 e. The van der Waals surface area contributed by atoms with E-state index < -0.39 is 0 Å². The predicted octanol–water partition coefficient (Wildman–Crippen LogP) is 6.65. The summed E-state index contributed by atoms with van der Waals surface area (Å²) in [6.45, 7) is 4.04. The smallest absolute Gasteiger partial charge is 0.234 e. The molecule has 6 nitrogen and oxygen atoms in total. The van der Waals surface area contributed by atoms with E-state index in [-0.39, 0.29) is 11.7 Å². The van der Waals surface area contributed by atoms with Crippen molar-refractivity contribution >= 4 is 23.4 Å². The molecule has 0 atom stereocenters. The number of amides is 1. The normalized spacial score (nSPS) is 10.5. The van der Waals surface area contributed by atoms with E-state index in [0.29, 0.717) is 16.3 Å². The van der Waals surface area contributed by atoms with Crippen LogP contribution in [0.25, 0.3) is 22.4 Å². The van der Waals surface area contributed by atoms with Crippen LogP contribution in [-0.2, 0) is 4.79 Å². The molecule has 0 spiro atoms. The Bertz CT molecular complexity index is 1460. The maximum absolute atomic E-state index is 12.8. The summed E-state index contributed by atoms with van der Waals surface area (Å²) in [5, 5.41) is 13.5. The Morgan fingerprint density at radius 3 is 2.08 bits per heavy atom. The fourth-order valence-corrected chi connectivity index (χ4v) is 4.60. The zero-order chi connectivity index (χ0) is 26.4. The molecule has 0 saturated heterocycles. The molecule has 1 amide bonds. The number of methoxy groups -OCH3 is 2. The van der Waals surface area contributed by atoms with Crippen LogP contribution in [0.4, 0.5) is 5.69 Å². The Morgan fingerprint density at radius 2 is 1.51 bits per heavy atom. The molecule has 1 aromatic heterocycles. The lowest BCUT2D eigenvalue weighted by Crippen LogP contribution is -2.14. The molecule has 0 aliphatic heterocycles. The number of nitrogens with one attached hydrogen (secondary N) is 1. The summed E-state index contributed by atoms with van der Waals surface area (Å²) in [6.07, 6.45) is 0. The van der Waals surface area contributed by atoms with E-state index in [1.165, 1.54) is 11.8 Å². The molecule has 0 unspecified atom stereocenters. The van der Waals surface area contributed by atoms with Gasteiger partial charge in [-0.2, -0.15) is 5.26 Å². The van der Waals surface area contributed by atoms with Crippen molar-refractivity contribution in [2.75, 3.05) is 25.3 Å². The molecular formula is C30H27N3O3S. The molecule has 0 aliphatic rings. The quantitative estimate of drug-likeness (QED) is 0.268. The number of rotatable bonds is 8. The summed E-state index contributed by atoms with van der Waals surface area (Å²) in [7, 11) is 3.23. The van der Waals surface area contributed by atoms with Gasteiger partial charge in [-0.05, 0) is 85.1 Å². The van der Waals surface area contributed by atoms with Gasteiger partial charge in [-0.3, -0.25) is 4.79 Å². The molecule has 0 fully saturated rings. The average molecular weight is 510 g/mol. The van der Waals surface area contributed by atoms with Crippen molar-refractivity contribution < 1.29 is 14.3 Å². The van der Waals surface area contributed by atoms with Crippen molar-refractivity contribution in [3.63, 3.8) is 0 Å². The highest BCUT2D eigenvalue weighted by Crippen LogP contribution is 2.35. The standard InChI is InChI=1S/C30H27N3O3S/c1-19-5-10-23(15-20(19)2)32-29(34)18-37-30-27(17-31)26(21-6-11-24(35-3)12-7-21)16-28(33-30)22-8-13-25(36-4)14-9-22/h5-16H,18H2,1-4H3,(H,32,34). The van der Waals surface area contributed by atoms with Crippen LogP contribution in [0.1, 0.15) is 16.7 Å². The second-order valence-corrected chi connectivity index (χ2v) is 9.40. The molecule has 0 saturated carbocycles. The number of pyridine rings is 1. The summed E-state index contributed by atoms with van der Waals surface area (Å²) in [5.74, 6) is 1.41. The van der Waals surface area contributed by atoms with Crippen LogP contribution in [0.5, 0.6) is 11.5 Å². The molecule has 7 heteroatoms. The minimum absolute atomic E-state index is 0.114. The highest BCUT2D eigenvalue weighted by Gasteiger charge is 2.17. The number of anilines is 1. The van der Waals surface area contributed by atoms with Crippen molar-refractivity contribution in [1.29, 1.82) is 5.26 Å². The lowest BCUT2D eigenvalue weighted by atomic mass is 9.99. The largest absolute Gasteiger partial charge is 0.497 e. The van der Waals surface area contributed by atoms with Crippen molar-refractivity contribution in [2.24, 2.45) is 0 Å². The van der Waals surface area contributed by atoms with E-state index in [2.05, 4.69) is 11.4 Å². The average Bonchev–Trinajstić information content (AvgIpc) is 2.93. The number of aryl methyl sites for hydroxylation is 2. The van der Waals surface area contributed by atoms with Gasteiger partial charge in [0.2, 0.25) is 5.91 Å². The first kappa shape index (κ1) is 25.8. The lowest BCUT2D eigenvalue weighted by Gasteiger charge is -2.13. The number of hydrogen-bond donors (Lipinski definition) is 1. The Morgan fingerprint density at radius 1 is 0.892 bits per heavy atom. The molecule has 1 N–H and O–H groups in total. The van der Waals surface area contributed by atoms with Crippen LogP contribution in [0.15, 0.2) is 77.8 Å². The summed E-state index contributed by atoms with van der Waals surface area (Å²) >= 11 is 1.24. The fraction of sp³-hybridized carbons (Fsp3) is 0.167. The minimum Gasteiger partial charge on any atom is -0.497 e. The Labute approximate surface area is 221 Å². The van der Waals surface area contributed by atoms with Gasteiger partial charge >= 0.3 is 0 Å². The maximum atomic E-state index is 12.8. The monoisotopic (exact) mass is 509 g/mol. The predicted molar refractivity (Wildman–Crippen MR) is 148 cm³/mol. The van der Waals surface area contributed by atoms with Gasteiger partial charge in [0.15, 0.2) is 0 Å². The zero-order valence-corrected chi connectivity index (χ0v) is 22.0. The van der Waals surface area contributed by atoms with Crippen molar-refractivity contribution in [1.82, 2.24) is 4.98 Å². The van der Waals surface area contributed by atoms with Crippen molar-refractivity contribution in [2.45, 2.75) is 18.9 Å². The Hall–Kier alpha value is -4.28. The van der Waals surface area contributed by atoms with Crippen LogP contribution in [0, 0.1) is 25.2 Å². The molecule has 186 valence electrons. The number of carbonyl (C=O) groups is 1. The van der Waals surface area contributed by atoms with Crippen LogP contribution >= 0.6 is 11.8 Å². The molecular weight excluding hydrogens is 482 g/mol. The minimum atomic E-state index is -0.167. The number of ether oxygens (including phenoxy) is 2. The highest BCUT2D eigenvalue weighted by atomic mass is 32.2. The number of nitrogens with zero attached hydrogens (tertiary/aromatic N) is 2. The molecule has 4 aromatic rings. The van der Waals surface area contributed by atoms with E-state index in [9.17, 15) is 10.1 Å². The first-order valence-electron chi connectivity index (χ1n) is 11.7. The Balaban J connectivity index is 1.68. The van der Waals surface area contributed by atoms with E-state index in [0.717, 1.165) is 45.0 Å². The Kier molecular flexibility index (Phi) is 8.11. The SMILES string of the molecule is COc1ccc(-c2cc(-c3ccc(OC)cc3)c(C#N)c(SCC(=O)Nc3ccc(C)c(C)c3)n2)cc1. The lowest BCUT2D eigenvalue weighted by molar-refractivity contribution is -0.113. The summed E-state index contributed by atoms with van der Waals surface area (Å²) in [5.41, 5.74) is 6.61. The third-order valence-corrected chi connectivity index (χ3v) is 6.99. The summed E-state index contributed by atoms with van der Waals surface area (Å²) in [6, 6.07) is 25.1. The molecule has 1 heterocycles. The number of thioether (sulfide) groups is 1. The second-order valence-electron chi connectivity index (χ2n) is 8.44. The van der Waals surface area contributed by atoms with Crippen LogP contribution in [0.3, 0.4) is 0 Å². The molecule has 3 aromatic carbocycles. The van der Waals surface area contributed by atoms with Gasteiger partial charge < -0.3 is 14.8 Å².